The van der Waals surface area contributed by atoms with Crippen LogP contribution in [0.25, 0.3) is 0 Å². The van der Waals surface area contributed by atoms with Crippen molar-refractivity contribution in [2.45, 2.75) is 32.4 Å². The molecule has 3 rings (SSSR count). The van der Waals surface area contributed by atoms with E-state index in [1.165, 1.54) is 19.2 Å². The Balaban J connectivity index is 1.82. The van der Waals surface area contributed by atoms with Gasteiger partial charge < -0.3 is 20.1 Å². The molecule has 0 aromatic heterocycles. The van der Waals surface area contributed by atoms with Gasteiger partial charge in [-0.2, -0.15) is 0 Å². The van der Waals surface area contributed by atoms with Gasteiger partial charge in [-0.15, -0.1) is 0 Å². The maximum Gasteiger partial charge on any atom is 0.337 e. The second-order valence-electron chi connectivity index (χ2n) is 6.72. The van der Waals surface area contributed by atoms with Crippen LogP contribution in [0.2, 0.25) is 5.02 Å². The molecular formula is C22H22ClFN2O4. The summed E-state index contributed by atoms with van der Waals surface area (Å²) in [7, 11) is 1.30. The van der Waals surface area contributed by atoms with Gasteiger partial charge in [-0.1, -0.05) is 43.1 Å². The van der Waals surface area contributed by atoms with Crippen LogP contribution in [0.1, 0.15) is 36.9 Å². The first-order valence-corrected chi connectivity index (χ1v) is 9.86. The Labute approximate surface area is 179 Å². The Hall–Kier alpha value is -3.06. The number of ether oxygens (including phenoxy) is 2. The maximum atomic E-state index is 13.9. The van der Waals surface area contributed by atoms with Crippen molar-refractivity contribution in [3.05, 3.63) is 75.7 Å². The molecule has 1 aliphatic rings. The summed E-state index contributed by atoms with van der Waals surface area (Å²) < 4.78 is 24.5. The molecule has 1 unspecified atom stereocenters. The van der Waals surface area contributed by atoms with E-state index in [4.69, 9.17) is 21.1 Å². The number of esters is 1. The highest BCUT2D eigenvalue weighted by molar-refractivity contribution is 6.31. The molecule has 0 aliphatic carbocycles. The molecule has 0 saturated heterocycles. The topological polar surface area (TPSA) is 76.7 Å². The van der Waals surface area contributed by atoms with E-state index in [0.717, 1.165) is 6.42 Å². The fraction of sp³-hybridized carbons (Fsp3) is 0.273. The highest BCUT2D eigenvalue weighted by Crippen LogP contribution is 2.30. The molecule has 0 bridgehead atoms. The van der Waals surface area contributed by atoms with E-state index in [0.29, 0.717) is 34.0 Å². The normalized spacial score (nSPS) is 16.0. The van der Waals surface area contributed by atoms with Crippen molar-refractivity contribution in [2.75, 3.05) is 7.11 Å². The number of methoxy groups -OCH3 is 1. The van der Waals surface area contributed by atoms with Crippen molar-refractivity contribution in [2.24, 2.45) is 0 Å². The van der Waals surface area contributed by atoms with E-state index in [9.17, 15) is 14.0 Å². The lowest BCUT2D eigenvalue weighted by atomic mass is 9.94. The molecule has 2 aromatic rings. The summed E-state index contributed by atoms with van der Waals surface area (Å²) in [5, 5.41) is 5.75. The standard InChI is InChI=1S/C22H22ClFN2O4/c1-3-5-18-19(21(27)29-2)20(26-22(28)25-18)13-8-10-14(11-9-13)30-12-15-16(23)6-4-7-17(15)24/h4,6-11,20H,3,5,12H2,1-2H3,(H2,25,26,28). The Morgan fingerprint density at radius 2 is 1.93 bits per heavy atom. The summed E-state index contributed by atoms with van der Waals surface area (Å²) in [5.74, 6) is -0.450. The van der Waals surface area contributed by atoms with Gasteiger partial charge in [-0.25, -0.2) is 14.0 Å². The predicted octanol–water partition coefficient (Wildman–Crippen LogP) is 4.64. The lowest BCUT2D eigenvalue weighted by Crippen LogP contribution is -2.45. The van der Waals surface area contributed by atoms with Crippen LogP contribution in [0, 0.1) is 5.82 Å². The van der Waals surface area contributed by atoms with Gasteiger partial charge in [0.1, 0.15) is 18.2 Å². The monoisotopic (exact) mass is 432 g/mol. The summed E-state index contributed by atoms with van der Waals surface area (Å²) in [5.41, 5.74) is 1.88. The van der Waals surface area contributed by atoms with Gasteiger partial charge in [0, 0.05) is 11.3 Å². The minimum absolute atomic E-state index is 0.0249. The van der Waals surface area contributed by atoms with Crippen LogP contribution >= 0.6 is 11.6 Å². The third-order valence-electron chi connectivity index (χ3n) is 4.72. The van der Waals surface area contributed by atoms with Gasteiger partial charge in [-0.3, -0.25) is 0 Å². The van der Waals surface area contributed by atoms with Crippen molar-refractivity contribution < 1.29 is 23.5 Å². The number of carbonyl (C=O) groups is 2. The number of urea groups is 1. The average Bonchev–Trinajstić information content (AvgIpc) is 2.73. The third kappa shape index (κ3) is 4.74. The Morgan fingerprint density at radius 3 is 2.57 bits per heavy atom. The third-order valence-corrected chi connectivity index (χ3v) is 5.07. The number of nitrogens with one attached hydrogen (secondary N) is 2. The number of hydrogen-bond donors (Lipinski definition) is 2. The van der Waals surface area contributed by atoms with Crippen molar-refractivity contribution in [1.29, 1.82) is 0 Å². The van der Waals surface area contributed by atoms with Crippen molar-refractivity contribution in [3.63, 3.8) is 0 Å². The van der Waals surface area contributed by atoms with Crippen LogP contribution < -0.4 is 15.4 Å². The fourth-order valence-electron chi connectivity index (χ4n) is 3.25. The summed E-state index contributed by atoms with van der Waals surface area (Å²) >= 11 is 6.02. The number of hydrogen-bond acceptors (Lipinski definition) is 4. The van der Waals surface area contributed by atoms with Crippen LogP contribution in [-0.4, -0.2) is 19.1 Å². The smallest absolute Gasteiger partial charge is 0.337 e. The quantitative estimate of drug-likeness (QED) is 0.625. The Bertz CT molecular complexity index is 955. The molecule has 2 aromatic carbocycles. The van der Waals surface area contributed by atoms with Crippen LogP contribution in [0.3, 0.4) is 0 Å². The van der Waals surface area contributed by atoms with E-state index < -0.39 is 17.8 Å². The zero-order valence-electron chi connectivity index (χ0n) is 16.6. The molecule has 1 atom stereocenters. The van der Waals surface area contributed by atoms with Gasteiger partial charge in [0.15, 0.2) is 0 Å². The zero-order valence-corrected chi connectivity index (χ0v) is 17.4. The van der Waals surface area contributed by atoms with Crippen LogP contribution in [-0.2, 0) is 16.1 Å². The fourth-order valence-corrected chi connectivity index (χ4v) is 3.47. The zero-order chi connectivity index (χ0) is 21.7. The van der Waals surface area contributed by atoms with E-state index in [1.54, 1.807) is 30.3 Å². The second-order valence-corrected chi connectivity index (χ2v) is 7.13. The molecule has 0 fully saturated rings. The molecule has 158 valence electrons. The SMILES string of the molecule is CCCC1=C(C(=O)OC)C(c2ccc(OCc3c(F)cccc3Cl)cc2)NC(=O)N1. The summed E-state index contributed by atoms with van der Waals surface area (Å²) in [4.78, 5) is 24.5. The molecule has 6 nitrogen and oxygen atoms in total. The largest absolute Gasteiger partial charge is 0.489 e. The summed E-state index contributed by atoms with van der Waals surface area (Å²) in [6.07, 6.45) is 1.30. The van der Waals surface area contributed by atoms with Crippen molar-refractivity contribution in [1.82, 2.24) is 10.6 Å². The van der Waals surface area contributed by atoms with Gasteiger partial charge in [0.25, 0.3) is 0 Å². The number of allylic oxidation sites excluding steroid dienone is 1. The number of benzene rings is 2. The van der Waals surface area contributed by atoms with E-state index >= 15 is 0 Å². The molecule has 0 spiro atoms. The van der Waals surface area contributed by atoms with Gasteiger partial charge in [-0.05, 0) is 36.2 Å². The number of carbonyl (C=O) groups excluding carboxylic acids is 2. The van der Waals surface area contributed by atoms with Gasteiger partial charge in [0.2, 0.25) is 0 Å². The minimum atomic E-state index is -0.650. The molecule has 30 heavy (non-hydrogen) atoms. The van der Waals surface area contributed by atoms with Gasteiger partial charge >= 0.3 is 12.0 Å². The number of halogens is 2. The molecule has 8 heteroatoms. The number of rotatable bonds is 7. The molecule has 0 radical (unpaired) electrons. The van der Waals surface area contributed by atoms with Crippen LogP contribution in [0.4, 0.5) is 9.18 Å². The Kier molecular flexibility index (Phi) is 6.95. The molecule has 0 saturated carbocycles. The Morgan fingerprint density at radius 1 is 1.20 bits per heavy atom. The van der Waals surface area contributed by atoms with Crippen LogP contribution in [0.15, 0.2) is 53.7 Å². The molecule has 1 heterocycles. The molecule has 2 N–H and O–H groups in total. The summed E-state index contributed by atoms with van der Waals surface area (Å²) in [6.45, 7) is 1.93. The highest BCUT2D eigenvalue weighted by atomic mass is 35.5. The second kappa shape index (κ2) is 9.63. The highest BCUT2D eigenvalue weighted by Gasteiger charge is 2.33. The summed E-state index contributed by atoms with van der Waals surface area (Å²) in [6, 6.07) is 10.3. The lowest BCUT2D eigenvalue weighted by molar-refractivity contribution is -0.136. The van der Waals surface area contributed by atoms with E-state index in [1.807, 2.05) is 6.92 Å². The van der Waals surface area contributed by atoms with Gasteiger partial charge in [0.05, 0.1) is 23.7 Å². The van der Waals surface area contributed by atoms with E-state index in [-0.39, 0.29) is 18.2 Å². The lowest BCUT2D eigenvalue weighted by Gasteiger charge is -2.29. The minimum Gasteiger partial charge on any atom is -0.489 e. The molecule has 2 amide bonds. The van der Waals surface area contributed by atoms with Crippen molar-refractivity contribution >= 4 is 23.6 Å². The first-order valence-electron chi connectivity index (χ1n) is 9.49. The average molecular weight is 433 g/mol. The number of amides is 2. The molecule has 1 aliphatic heterocycles. The predicted molar refractivity (Wildman–Crippen MR) is 111 cm³/mol. The van der Waals surface area contributed by atoms with Crippen molar-refractivity contribution in [3.8, 4) is 5.75 Å². The first kappa shape index (κ1) is 21.6. The maximum absolute atomic E-state index is 13.9. The van der Waals surface area contributed by atoms with E-state index in [2.05, 4.69) is 10.6 Å². The first-order chi connectivity index (χ1) is 14.4. The molecular weight excluding hydrogens is 411 g/mol. The van der Waals surface area contributed by atoms with Crippen LogP contribution in [0.5, 0.6) is 5.75 Å².